The lowest BCUT2D eigenvalue weighted by Gasteiger charge is -2.10. The molecule has 1 aromatic carbocycles. The molecule has 0 saturated carbocycles. The third-order valence-corrected chi connectivity index (χ3v) is 3.16. The van der Waals surface area contributed by atoms with Crippen LogP contribution < -0.4 is 10.1 Å². The monoisotopic (exact) mass is 334 g/mol. The number of carbonyl (C=O) groups excluding carboxylic acids is 1. The van der Waals surface area contributed by atoms with Crippen molar-refractivity contribution in [1.82, 2.24) is 4.98 Å². The zero-order chi connectivity index (χ0) is 14.4. The highest BCUT2D eigenvalue weighted by molar-refractivity contribution is 9.10. The number of anilines is 1. The highest BCUT2D eigenvalue weighted by atomic mass is 79.9. The van der Waals surface area contributed by atoms with Crippen LogP contribution >= 0.6 is 15.9 Å². The summed E-state index contributed by atoms with van der Waals surface area (Å²) in [6, 6.07) is 9.50. The Labute approximate surface area is 126 Å². The summed E-state index contributed by atoms with van der Waals surface area (Å²) in [6.45, 7) is 2.00. The van der Waals surface area contributed by atoms with E-state index in [2.05, 4.69) is 33.2 Å². The van der Waals surface area contributed by atoms with Gasteiger partial charge in [0.2, 0.25) is 0 Å². The van der Waals surface area contributed by atoms with Crippen LogP contribution in [0.1, 0.15) is 12.5 Å². The highest BCUT2D eigenvalue weighted by Crippen LogP contribution is 2.17. The predicted molar refractivity (Wildman–Crippen MR) is 81.9 cm³/mol. The Morgan fingerprint density at radius 3 is 2.90 bits per heavy atom. The molecule has 0 aliphatic heterocycles. The van der Waals surface area contributed by atoms with Gasteiger partial charge in [0.05, 0.1) is 6.20 Å². The molecule has 2 rings (SSSR count). The summed E-state index contributed by atoms with van der Waals surface area (Å²) < 4.78 is 6.20. The maximum Gasteiger partial charge on any atom is 0.262 e. The molecule has 2 aromatic rings. The third kappa shape index (κ3) is 4.06. The normalized spacial score (nSPS) is 10.1. The molecule has 5 heteroatoms. The molecular formula is C15H15BrN2O2. The number of rotatable bonds is 5. The molecule has 0 bridgehead atoms. The molecule has 1 heterocycles. The Kier molecular flexibility index (Phi) is 5.12. The summed E-state index contributed by atoms with van der Waals surface area (Å²) in [5.74, 6) is 0.365. The van der Waals surface area contributed by atoms with Crippen LogP contribution in [0, 0.1) is 0 Å². The molecule has 0 radical (unpaired) electrons. The summed E-state index contributed by atoms with van der Waals surface area (Å²) in [5.41, 5.74) is 1.93. The maximum absolute atomic E-state index is 11.9. The molecule has 0 saturated heterocycles. The molecule has 0 aliphatic rings. The second-order valence-electron chi connectivity index (χ2n) is 4.19. The minimum atomic E-state index is -0.189. The lowest BCUT2D eigenvalue weighted by Crippen LogP contribution is -2.20. The van der Waals surface area contributed by atoms with Gasteiger partial charge >= 0.3 is 0 Å². The van der Waals surface area contributed by atoms with Gasteiger partial charge in [0.25, 0.3) is 5.91 Å². The first kappa shape index (κ1) is 14.5. The second kappa shape index (κ2) is 7.05. The molecule has 1 amide bonds. The van der Waals surface area contributed by atoms with Crippen LogP contribution in [0.3, 0.4) is 0 Å². The molecule has 1 N–H and O–H groups in total. The first-order chi connectivity index (χ1) is 9.69. The first-order valence-corrected chi connectivity index (χ1v) is 7.09. The number of nitrogens with zero attached hydrogens (tertiary/aromatic N) is 1. The van der Waals surface area contributed by atoms with Crippen molar-refractivity contribution in [3.05, 3.63) is 52.8 Å². The molecule has 4 nitrogen and oxygen atoms in total. The maximum atomic E-state index is 11.9. The number of amides is 1. The van der Waals surface area contributed by atoms with Gasteiger partial charge in [-0.2, -0.15) is 0 Å². The zero-order valence-corrected chi connectivity index (χ0v) is 12.7. The van der Waals surface area contributed by atoms with E-state index in [1.165, 1.54) is 0 Å². The largest absolute Gasteiger partial charge is 0.482 e. The molecule has 1 aromatic heterocycles. The molecule has 0 fully saturated rings. The average molecular weight is 335 g/mol. The van der Waals surface area contributed by atoms with E-state index >= 15 is 0 Å². The standard InChI is InChI=1S/C15H15BrN2O2/c1-2-11-5-3-4-6-14(11)18-15(19)10-20-13-7-12(16)8-17-9-13/h3-9H,2,10H2,1H3,(H,18,19). The van der Waals surface area contributed by atoms with Gasteiger partial charge in [-0.05, 0) is 40.0 Å². The van der Waals surface area contributed by atoms with E-state index in [-0.39, 0.29) is 12.5 Å². The zero-order valence-electron chi connectivity index (χ0n) is 11.1. The molecule has 0 atom stereocenters. The average Bonchev–Trinajstić information content (AvgIpc) is 2.46. The van der Waals surface area contributed by atoms with Crippen LogP contribution in [0.2, 0.25) is 0 Å². The minimum absolute atomic E-state index is 0.0455. The molecule has 0 aliphatic carbocycles. The van der Waals surface area contributed by atoms with Gasteiger partial charge in [-0.25, -0.2) is 0 Å². The van der Waals surface area contributed by atoms with Crippen LogP contribution in [-0.2, 0) is 11.2 Å². The molecule has 104 valence electrons. The lowest BCUT2D eigenvalue weighted by molar-refractivity contribution is -0.118. The van der Waals surface area contributed by atoms with Crippen LogP contribution in [0.5, 0.6) is 5.75 Å². The van der Waals surface area contributed by atoms with Crippen molar-refractivity contribution in [2.45, 2.75) is 13.3 Å². The predicted octanol–water partition coefficient (Wildman–Crippen LogP) is 3.42. The van der Waals surface area contributed by atoms with Gasteiger partial charge in [-0.15, -0.1) is 0 Å². The van der Waals surface area contributed by atoms with E-state index in [0.29, 0.717) is 5.75 Å². The summed E-state index contributed by atoms with van der Waals surface area (Å²) in [7, 11) is 0. The van der Waals surface area contributed by atoms with Crippen molar-refractivity contribution >= 4 is 27.5 Å². The summed E-state index contributed by atoms with van der Waals surface area (Å²) in [6.07, 6.45) is 4.09. The number of benzene rings is 1. The topological polar surface area (TPSA) is 51.2 Å². The van der Waals surface area contributed by atoms with E-state index in [0.717, 1.165) is 22.1 Å². The SMILES string of the molecule is CCc1ccccc1NC(=O)COc1cncc(Br)c1. The number of aryl methyl sites for hydroxylation is 1. The fourth-order valence-electron chi connectivity index (χ4n) is 1.76. The number of carbonyl (C=O) groups is 1. The first-order valence-electron chi connectivity index (χ1n) is 6.30. The second-order valence-corrected chi connectivity index (χ2v) is 5.10. The number of hydrogen-bond donors (Lipinski definition) is 1. The Bertz CT molecular complexity index is 602. The van der Waals surface area contributed by atoms with Crippen molar-refractivity contribution in [3.8, 4) is 5.75 Å². The van der Waals surface area contributed by atoms with Crippen LogP contribution in [0.25, 0.3) is 0 Å². The summed E-state index contributed by atoms with van der Waals surface area (Å²) >= 11 is 3.30. The number of halogens is 1. The van der Waals surface area contributed by atoms with Gasteiger partial charge in [0.1, 0.15) is 5.75 Å². The van der Waals surface area contributed by atoms with Crippen molar-refractivity contribution in [2.75, 3.05) is 11.9 Å². The number of para-hydroxylation sites is 1. The number of nitrogens with one attached hydrogen (secondary N) is 1. The summed E-state index contributed by atoms with van der Waals surface area (Å²) in [5, 5.41) is 2.85. The third-order valence-electron chi connectivity index (χ3n) is 2.72. The Hall–Kier alpha value is -1.88. The van der Waals surface area contributed by atoms with Crippen LogP contribution in [0.15, 0.2) is 47.2 Å². The van der Waals surface area contributed by atoms with Gasteiger partial charge in [0.15, 0.2) is 6.61 Å². The molecular weight excluding hydrogens is 320 g/mol. The number of pyridine rings is 1. The Morgan fingerprint density at radius 1 is 1.35 bits per heavy atom. The lowest BCUT2D eigenvalue weighted by atomic mass is 10.1. The Balaban J connectivity index is 1.93. The fourth-order valence-corrected chi connectivity index (χ4v) is 2.10. The fraction of sp³-hybridized carbons (Fsp3) is 0.200. The van der Waals surface area contributed by atoms with E-state index in [1.807, 2.05) is 24.3 Å². The van der Waals surface area contributed by atoms with Gasteiger partial charge in [-0.3, -0.25) is 9.78 Å². The number of aromatic nitrogens is 1. The van der Waals surface area contributed by atoms with Gasteiger partial charge < -0.3 is 10.1 Å². The molecule has 20 heavy (non-hydrogen) atoms. The highest BCUT2D eigenvalue weighted by Gasteiger charge is 2.06. The molecule has 0 spiro atoms. The van der Waals surface area contributed by atoms with Crippen molar-refractivity contribution < 1.29 is 9.53 Å². The number of hydrogen-bond acceptors (Lipinski definition) is 3. The van der Waals surface area contributed by atoms with E-state index < -0.39 is 0 Å². The van der Waals surface area contributed by atoms with E-state index in [4.69, 9.17) is 4.74 Å². The van der Waals surface area contributed by atoms with E-state index in [1.54, 1.807) is 18.5 Å². The van der Waals surface area contributed by atoms with Crippen molar-refractivity contribution in [2.24, 2.45) is 0 Å². The van der Waals surface area contributed by atoms with Crippen molar-refractivity contribution in [1.29, 1.82) is 0 Å². The Morgan fingerprint density at radius 2 is 2.15 bits per heavy atom. The number of ether oxygens (including phenoxy) is 1. The summed E-state index contributed by atoms with van der Waals surface area (Å²) in [4.78, 5) is 15.8. The smallest absolute Gasteiger partial charge is 0.262 e. The van der Waals surface area contributed by atoms with Crippen molar-refractivity contribution in [3.63, 3.8) is 0 Å². The quantitative estimate of drug-likeness (QED) is 0.911. The van der Waals surface area contributed by atoms with E-state index in [9.17, 15) is 4.79 Å². The van der Waals surface area contributed by atoms with Crippen LogP contribution in [-0.4, -0.2) is 17.5 Å². The van der Waals surface area contributed by atoms with Gasteiger partial charge in [0, 0.05) is 16.4 Å². The van der Waals surface area contributed by atoms with Gasteiger partial charge in [-0.1, -0.05) is 25.1 Å². The molecule has 0 unspecified atom stereocenters. The minimum Gasteiger partial charge on any atom is -0.482 e. The van der Waals surface area contributed by atoms with Crippen LogP contribution in [0.4, 0.5) is 5.69 Å².